The third kappa shape index (κ3) is 2.72. The first kappa shape index (κ1) is 14.3. The van der Waals surface area contributed by atoms with Gasteiger partial charge in [-0.1, -0.05) is 17.3 Å². The molecule has 120 valence electrons. The lowest BCUT2D eigenvalue weighted by Gasteiger charge is -2.41. The number of carbonyl (C=O) groups is 1. The largest absolute Gasteiger partial charge is 0.370 e. The van der Waals surface area contributed by atoms with Gasteiger partial charge in [-0.3, -0.25) is 4.79 Å². The first-order chi connectivity index (χ1) is 11.2. The SMILES string of the molecule is O=C(Cc1ccc(F)cc1)N1CC[C@H]2OCc3cnnn3[C@H]2C1. The van der Waals surface area contributed by atoms with Crippen molar-refractivity contribution < 1.29 is 13.9 Å². The molecule has 1 aromatic heterocycles. The standard InChI is InChI=1S/C16H17FN4O2/c17-12-3-1-11(2-4-12)7-16(22)20-6-5-15-14(9-20)21-13(10-23-15)8-18-19-21/h1-4,8,14-15H,5-7,9-10H2/t14-,15+/m0/s1. The van der Waals surface area contributed by atoms with Crippen LogP contribution in [0.3, 0.4) is 0 Å². The Bertz CT molecular complexity index is 715. The van der Waals surface area contributed by atoms with Gasteiger partial charge in [0.2, 0.25) is 5.91 Å². The number of rotatable bonds is 2. The van der Waals surface area contributed by atoms with Gasteiger partial charge in [-0.15, -0.1) is 5.10 Å². The minimum atomic E-state index is -0.292. The first-order valence-electron chi connectivity index (χ1n) is 7.73. The number of carbonyl (C=O) groups excluding carboxylic acids is 1. The molecule has 7 heteroatoms. The predicted molar refractivity (Wildman–Crippen MR) is 78.9 cm³/mol. The smallest absolute Gasteiger partial charge is 0.227 e. The van der Waals surface area contributed by atoms with Gasteiger partial charge in [-0.2, -0.15) is 0 Å². The molecule has 1 saturated heterocycles. The number of piperidine rings is 1. The fraction of sp³-hybridized carbons (Fsp3) is 0.438. The average molecular weight is 316 g/mol. The molecule has 2 aromatic rings. The highest BCUT2D eigenvalue weighted by molar-refractivity contribution is 5.78. The van der Waals surface area contributed by atoms with Gasteiger partial charge in [-0.05, 0) is 24.1 Å². The second-order valence-corrected chi connectivity index (χ2v) is 6.02. The maximum atomic E-state index is 12.9. The topological polar surface area (TPSA) is 60.3 Å². The number of likely N-dealkylation sites (tertiary alicyclic amines) is 1. The molecular weight excluding hydrogens is 299 g/mol. The van der Waals surface area contributed by atoms with Gasteiger partial charge in [-0.25, -0.2) is 9.07 Å². The Labute approximate surface area is 132 Å². The van der Waals surface area contributed by atoms with Crippen LogP contribution in [-0.2, 0) is 22.6 Å². The van der Waals surface area contributed by atoms with Crippen LogP contribution in [0.5, 0.6) is 0 Å². The van der Waals surface area contributed by atoms with E-state index in [1.165, 1.54) is 12.1 Å². The minimum absolute atomic E-state index is 0.0205. The Morgan fingerprint density at radius 1 is 1.35 bits per heavy atom. The summed E-state index contributed by atoms with van der Waals surface area (Å²) < 4.78 is 20.7. The van der Waals surface area contributed by atoms with E-state index in [0.29, 0.717) is 19.7 Å². The molecule has 0 bridgehead atoms. The van der Waals surface area contributed by atoms with Crippen LogP contribution in [0.25, 0.3) is 0 Å². The van der Waals surface area contributed by atoms with Crippen LogP contribution in [0.15, 0.2) is 30.5 Å². The van der Waals surface area contributed by atoms with Gasteiger partial charge >= 0.3 is 0 Å². The molecular formula is C16H17FN4O2. The van der Waals surface area contributed by atoms with Crippen molar-refractivity contribution in [1.29, 1.82) is 0 Å². The molecule has 0 aliphatic carbocycles. The lowest BCUT2D eigenvalue weighted by Crippen LogP contribution is -2.50. The monoisotopic (exact) mass is 316 g/mol. The summed E-state index contributed by atoms with van der Waals surface area (Å²) >= 11 is 0. The molecule has 4 rings (SSSR count). The number of ether oxygens (including phenoxy) is 1. The summed E-state index contributed by atoms with van der Waals surface area (Å²) in [5, 5.41) is 8.07. The highest BCUT2D eigenvalue weighted by Gasteiger charge is 2.37. The molecule has 0 saturated carbocycles. The molecule has 0 unspecified atom stereocenters. The van der Waals surface area contributed by atoms with Crippen molar-refractivity contribution in [3.05, 3.63) is 47.5 Å². The van der Waals surface area contributed by atoms with E-state index >= 15 is 0 Å². The van der Waals surface area contributed by atoms with E-state index in [1.54, 1.807) is 18.3 Å². The number of benzene rings is 1. The number of amides is 1. The highest BCUT2D eigenvalue weighted by Crippen LogP contribution is 2.30. The van der Waals surface area contributed by atoms with Crippen LogP contribution in [0.4, 0.5) is 4.39 Å². The molecule has 0 spiro atoms. The third-order valence-electron chi connectivity index (χ3n) is 4.55. The predicted octanol–water partition coefficient (Wildman–Crippen LogP) is 1.33. The Hall–Kier alpha value is -2.28. The second kappa shape index (κ2) is 5.73. The number of hydrogen-bond acceptors (Lipinski definition) is 4. The number of aromatic nitrogens is 3. The zero-order valence-corrected chi connectivity index (χ0v) is 12.6. The molecule has 1 fully saturated rings. The van der Waals surface area contributed by atoms with Crippen molar-refractivity contribution in [3.63, 3.8) is 0 Å². The van der Waals surface area contributed by atoms with E-state index in [0.717, 1.165) is 17.7 Å². The maximum Gasteiger partial charge on any atom is 0.227 e. The molecule has 0 radical (unpaired) electrons. The number of fused-ring (bicyclic) bond motifs is 3. The second-order valence-electron chi connectivity index (χ2n) is 6.02. The lowest BCUT2D eigenvalue weighted by molar-refractivity contribution is -0.137. The number of halogens is 1. The van der Waals surface area contributed by atoms with Crippen LogP contribution in [-0.4, -0.2) is 45.0 Å². The Balaban J connectivity index is 1.47. The van der Waals surface area contributed by atoms with Crippen molar-refractivity contribution in [1.82, 2.24) is 19.9 Å². The maximum absolute atomic E-state index is 12.9. The van der Waals surface area contributed by atoms with Crippen molar-refractivity contribution in [2.75, 3.05) is 13.1 Å². The molecule has 2 atom stereocenters. The van der Waals surface area contributed by atoms with Gasteiger partial charge in [0, 0.05) is 13.1 Å². The normalized spacial score (nSPS) is 23.3. The molecule has 6 nitrogen and oxygen atoms in total. The van der Waals surface area contributed by atoms with Crippen molar-refractivity contribution in [2.45, 2.75) is 31.6 Å². The van der Waals surface area contributed by atoms with Crippen LogP contribution in [0, 0.1) is 5.82 Å². The van der Waals surface area contributed by atoms with Crippen molar-refractivity contribution >= 4 is 5.91 Å². The summed E-state index contributed by atoms with van der Waals surface area (Å²) in [7, 11) is 0. The van der Waals surface area contributed by atoms with Crippen molar-refractivity contribution in [3.8, 4) is 0 Å². The summed E-state index contributed by atoms with van der Waals surface area (Å²) in [5.74, 6) is -0.248. The van der Waals surface area contributed by atoms with Gasteiger partial charge in [0.15, 0.2) is 0 Å². The summed E-state index contributed by atoms with van der Waals surface area (Å²) in [6, 6.07) is 6.09. The molecule has 2 aliphatic heterocycles. The number of hydrogen-bond donors (Lipinski definition) is 0. The molecule has 23 heavy (non-hydrogen) atoms. The molecule has 2 aliphatic rings. The van der Waals surface area contributed by atoms with Gasteiger partial charge in [0.25, 0.3) is 0 Å². The Morgan fingerprint density at radius 2 is 2.17 bits per heavy atom. The zero-order valence-electron chi connectivity index (χ0n) is 12.6. The summed E-state index contributed by atoms with van der Waals surface area (Å²) in [4.78, 5) is 14.4. The fourth-order valence-electron chi connectivity index (χ4n) is 3.29. The van der Waals surface area contributed by atoms with Crippen LogP contribution in [0.2, 0.25) is 0 Å². The quantitative estimate of drug-likeness (QED) is 0.839. The summed E-state index contributed by atoms with van der Waals surface area (Å²) in [6.07, 6.45) is 2.86. The van der Waals surface area contributed by atoms with Crippen molar-refractivity contribution in [2.24, 2.45) is 0 Å². The zero-order chi connectivity index (χ0) is 15.8. The Kier molecular flexibility index (Phi) is 3.57. The van der Waals surface area contributed by atoms with Gasteiger partial charge < -0.3 is 9.64 Å². The van der Waals surface area contributed by atoms with E-state index < -0.39 is 0 Å². The van der Waals surface area contributed by atoms with E-state index in [-0.39, 0.29) is 30.3 Å². The molecule has 0 N–H and O–H groups in total. The van der Waals surface area contributed by atoms with E-state index in [4.69, 9.17) is 4.74 Å². The highest BCUT2D eigenvalue weighted by atomic mass is 19.1. The molecule has 3 heterocycles. The summed E-state index contributed by atoms with van der Waals surface area (Å²) in [6.45, 7) is 1.77. The van der Waals surface area contributed by atoms with E-state index in [9.17, 15) is 9.18 Å². The minimum Gasteiger partial charge on any atom is -0.370 e. The summed E-state index contributed by atoms with van der Waals surface area (Å²) in [5.41, 5.74) is 1.76. The van der Waals surface area contributed by atoms with Crippen LogP contribution >= 0.6 is 0 Å². The van der Waals surface area contributed by atoms with Gasteiger partial charge in [0.1, 0.15) is 5.82 Å². The fourth-order valence-corrected chi connectivity index (χ4v) is 3.29. The number of nitrogens with zero attached hydrogens (tertiary/aromatic N) is 4. The first-order valence-corrected chi connectivity index (χ1v) is 7.73. The van der Waals surface area contributed by atoms with E-state index in [1.807, 2.05) is 9.58 Å². The average Bonchev–Trinajstić information content (AvgIpc) is 3.05. The van der Waals surface area contributed by atoms with Crippen LogP contribution in [0.1, 0.15) is 23.7 Å². The lowest BCUT2D eigenvalue weighted by atomic mass is 9.99. The Morgan fingerprint density at radius 3 is 3.00 bits per heavy atom. The van der Waals surface area contributed by atoms with Gasteiger partial charge in [0.05, 0.1) is 37.1 Å². The molecule has 1 amide bonds. The third-order valence-corrected chi connectivity index (χ3v) is 4.55. The van der Waals surface area contributed by atoms with Crippen LogP contribution < -0.4 is 0 Å². The van der Waals surface area contributed by atoms with E-state index in [2.05, 4.69) is 10.3 Å². The molecule has 1 aromatic carbocycles.